The van der Waals surface area contributed by atoms with Gasteiger partial charge in [0.1, 0.15) is 11.5 Å². The van der Waals surface area contributed by atoms with Crippen molar-refractivity contribution in [3.05, 3.63) is 76.1 Å². The van der Waals surface area contributed by atoms with E-state index in [-0.39, 0.29) is 18.2 Å². The summed E-state index contributed by atoms with van der Waals surface area (Å²) in [5, 5.41) is 23.0. The minimum atomic E-state index is -0.913. The summed E-state index contributed by atoms with van der Waals surface area (Å²) in [6, 6.07) is 13.1. The van der Waals surface area contributed by atoms with Crippen LogP contribution in [0.25, 0.3) is 22.5 Å². The molecule has 2 atom stereocenters. The standard InChI is InChI=1S/C33H37N5O3/c1-19-11-24(32-35-37-38(36-32)18-33(4,5)40)12-20(2)30(19)28-8-6-7-26-23(9-10-27(26)28)14-22-15-29-31(34-16-22)25(17-41-29)13-21(3)39/h6-8,11-12,15-16,23,25,40H,9-10,13-14,17-18H2,1-5H3/t23-,25?/m0/s1. The van der Waals surface area contributed by atoms with Crippen molar-refractivity contribution in [2.45, 2.75) is 84.3 Å². The van der Waals surface area contributed by atoms with Crippen LogP contribution in [0.3, 0.4) is 0 Å². The fourth-order valence-electron chi connectivity index (χ4n) is 6.56. The van der Waals surface area contributed by atoms with Gasteiger partial charge in [0.05, 0.1) is 24.4 Å². The van der Waals surface area contributed by atoms with E-state index in [1.54, 1.807) is 20.8 Å². The molecule has 41 heavy (non-hydrogen) atoms. The number of rotatable bonds is 8. The number of tetrazole rings is 1. The zero-order chi connectivity index (χ0) is 28.9. The predicted molar refractivity (Wildman–Crippen MR) is 157 cm³/mol. The van der Waals surface area contributed by atoms with Gasteiger partial charge in [0.15, 0.2) is 0 Å². The molecule has 4 aromatic rings. The van der Waals surface area contributed by atoms with Crippen LogP contribution in [0.5, 0.6) is 5.75 Å². The Morgan fingerprint density at radius 1 is 1.15 bits per heavy atom. The first-order valence-electron chi connectivity index (χ1n) is 14.4. The van der Waals surface area contributed by atoms with Crippen LogP contribution < -0.4 is 4.74 Å². The normalized spacial score (nSPS) is 17.8. The molecule has 0 radical (unpaired) electrons. The molecule has 212 valence electrons. The zero-order valence-electron chi connectivity index (χ0n) is 24.4. The van der Waals surface area contributed by atoms with Gasteiger partial charge >= 0.3 is 0 Å². The molecule has 0 saturated carbocycles. The smallest absolute Gasteiger partial charge is 0.204 e. The predicted octanol–water partition coefficient (Wildman–Crippen LogP) is 5.52. The van der Waals surface area contributed by atoms with Gasteiger partial charge in [-0.2, -0.15) is 4.80 Å². The molecule has 0 spiro atoms. The third-order valence-electron chi connectivity index (χ3n) is 8.22. The Bertz CT molecular complexity index is 1610. The third-order valence-corrected chi connectivity index (χ3v) is 8.22. The largest absolute Gasteiger partial charge is 0.491 e. The Morgan fingerprint density at radius 3 is 2.66 bits per heavy atom. The summed E-state index contributed by atoms with van der Waals surface area (Å²) in [7, 11) is 0. The summed E-state index contributed by atoms with van der Waals surface area (Å²) in [5.74, 6) is 2.06. The number of carbonyl (C=O) groups is 1. The lowest BCUT2D eigenvalue weighted by Crippen LogP contribution is -2.27. The maximum atomic E-state index is 11.6. The quantitative estimate of drug-likeness (QED) is 0.308. The number of fused-ring (bicyclic) bond motifs is 2. The maximum Gasteiger partial charge on any atom is 0.204 e. The summed E-state index contributed by atoms with van der Waals surface area (Å²) in [4.78, 5) is 17.8. The number of ketones is 1. The van der Waals surface area contributed by atoms with Crippen LogP contribution in [0.4, 0.5) is 0 Å². The van der Waals surface area contributed by atoms with Crippen molar-refractivity contribution in [2.75, 3.05) is 6.61 Å². The molecule has 1 N–H and O–H groups in total. The van der Waals surface area contributed by atoms with E-state index < -0.39 is 5.60 Å². The minimum absolute atomic E-state index is 0.0691. The Morgan fingerprint density at radius 2 is 1.93 bits per heavy atom. The van der Waals surface area contributed by atoms with Crippen LogP contribution in [0.15, 0.2) is 42.6 Å². The van der Waals surface area contributed by atoms with Crippen molar-refractivity contribution in [3.8, 4) is 28.3 Å². The maximum absolute atomic E-state index is 11.6. The van der Waals surface area contributed by atoms with Crippen LogP contribution in [-0.4, -0.2) is 48.3 Å². The number of benzene rings is 2. The molecular formula is C33H37N5O3. The van der Waals surface area contributed by atoms with E-state index in [4.69, 9.17) is 9.72 Å². The molecule has 1 unspecified atom stereocenters. The first kappa shape index (κ1) is 27.3. The molecule has 2 aromatic carbocycles. The van der Waals surface area contributed by atoms with Gasteiger partial charge in [-0.1, -0.05) is 18.2 Å². The molecule has 8 nitrogen and oxygen atoms in total. The van der Waals surface area contributed by atoms with Gasteiger partial charge in [-0.25, -0.2) is 0 Å². The van der Waals surface area contributed by atoms with E-state index in [2.05, 4.69) is 65.7 Å². The Balaban J connectivity index is 1.25. The number of hydrogen-bond donors (Lipinski definition) is 1. The van der Waals surface area contributed by atoms with Crippen molar-refractivity contribution in [1.82, 2.24) is 25.2 Å². The molecule has 1 aliphatic heterocycles. The molecule has 0 bridgehead atoms. The number of nitrogens with zero attached hydrogens (tertiary/aromatic N) is 5. The van der Waals surface area contributed by atoms with Gasteiger partial charge in [-0.05, 0) is 122 Å². The van der Waals surface area contributed by atoms with E-state index in [0.29, 0.717) is 24.8 Å². The van der Waals surface area contributed by atoms with Crippen LogP contribution in [0, 0.1) is 13.8 Å². The van der Waals surface area contributed by atoms with Gasteiger partial charge in [-0.3, -0.25) is 4.98 Å². The number of aromatic nitrogens is 5. The Hall–Kier alpha value is -3.91. The second kappa shape index (κ2) is 10.5. The molecule has 0 saturated heterocycles. The van der Waals surface area contributed by atoms with Crippen molar-refractivity contribution in [2.24, 2.45) is 0 Å². The molecule has 0 fully saturated rings. The van der Waals surface area contributed by atoms with Crippen LogP contribution in [0.2, 0.25) is 0 Å². The van der Waals surface area contributed by atoms with Gasteiger partial charge in [0.2, 0.25) is 5.82 Å². The Labute approximate surface area is 240 Å². The summed E-state index contributed by atoms with van der Waals surface area (Å²) in [6.07, 6.45) is 5.51. The lowest BCUT2D eigenvalue weighted by atomic mass is 9.87. The highest BCUT2D eigenvalue weighted by molar-refractivity contribution is 5.78. The zero-order valence-corrected chi connectivity index (χ0v) is 24.4. The second-order valence-electron chi connectivity index (χ2n) is 12.4. The number of aliphatic hydroxyl groups is 1. The molecule has 1 aliphatic carbocycles. The van der Waals surface area contributed by atoms with E-state index in [0.717, 1.165) is 36.3 Å². The fraction of sp³-hybridized carbons (Fsp3) is 0.424. The van der Waals surface area contributed by atoms with Gasteiger partial charge in [0, 0.05) is 24.1 Å². The van der Waals surface area contributed by atoms with Crippen molar-refractivity contribution < 1.29 is 14.6 Å². The fourth-order valence-corrected chi connectivity index (χ4v) is 6.56. The highest BCUT2D eigenvalue weighted by Gasteiger charge is 2.30. The van der Waals surface area contributed by atoms with Gasteiger partial charge < -0.3 is 14.6 Å². The average Bonchev–Trinajstić information content (AvgIpc) is 3.62. The molecular weight excluding hydrogens is 514 g/mol. The lowest BCUT2D eigenvalue weighted by molar-refractivity contribution is -0.117. The van der Waals surface area contributed by atoms with Crippen LogP contribution in [-0.2, 0) is 24.2 Å². The molecule has 3 heterocycles. The highest BCUT2D eigenvalue weighted by Crippen LogP contribution is 2.43. The van der Waals surface area contributed by atoms with Crippen LogP contribution in [0.1, 0.15) is 79.0 Å². The van der Waals surface area contributed by atoms with Crippen molar-refractivity contribution in [1.29, 1.82) is 0 Å². The topological polar surface area (TPSA) is 103 Å². The summed E-state index contributed by atoms with van der Waals surface area (Å²) in [5.41, 5.74) is 9.87. The summed E-state index contributed by atoms with van der Waals surface area (Å²) in [6.45, 7) is 10.2. The van der Waals surface area contributed by atoms with E-state index >= 15 is 0 Å². The highest BCUT2D eigenvalue weighted by atomic mass is 16.5. The van der Waals surface area contributed by atoms with Crippen molar-refractivity contribution >= 4 is 5.78 Å². The SMILES string of the molecule is CC(=O)CC1COc2cc(C[C@@H]3CCc4c(-c5c(C)cc(-c6nnn(CC(C)(C)O)n6)cc5C)cccc43)cnc21. The van der Waals surface area contributed by atoms with E-state index in [9.17, 15) is 9.90 Å². The molecule has 2 aromatic heterocycles. The number of carbonyl (C=O) groups excluding carboxylic acids is 1. The second-order valence-corrected chi connectivity index (χ2v) is 12.4. The Kier molecular flexibility index (Phi) is 6.98. The number of ether oxygens (including phenoxy) is 1. The van der Waals surface area contributed by atoms with Gasteiger partial charge in [0.25, 0.3) is 0 Å². The number of pyridine rings is 1. The van der Waals surface area contributed by atoms with E-state index in [1.807, 2.05) is 6.20 Å². The summed E-state index contributed by atoms with van der Waals surface area (Å²) >= 11 is 0. The minimum Gasteiger partial charge on any atom is -0.491 e. The first-order chi connectivity index (χ1) is 19.6. The molecule has 6 rings (SSSR count). The first-order valence-corrected chi connectivity index (χ1v) is 14.4. The monoisotopic (exact) mass is 551 g/mol. The molecule has 2 aliphatic rings. The molecule has 0 amide bonds. The van der Waals surface area contributed by atoms with Crippen LogP contribution >= 0.6 is 0 Å². The number of aryl methyl sites for hydroxylation is 2. The average molecular weight is 552 g/mol. The van der Waals surface area contributed by atoms with Gasteiger partial charge in [-0.15, -0.1) is 10.2 Å². The van der Waals surface area contributed by atoms with E-state index in [1.165, 1.54) is 43.7 Å². The third kappa shape index (κ3) is 5.53. The summed E-state index contributed by atoms with van der Waals surface area (Å²) < 4.78 is 5.91. The number of hydrogen-bond acceptors (Lipinski definition) is 7. The molecule has 8 heteroatoms. The lowest BCUT2D eigenvalue weighted by Gasteiger charge is -2.17. The van der Waals surface area contributed by atoms with Crippen molar-refractivity contribution in [3.63, 3.8) is 0 Å². The number of Topliss-reactive ketones (excluding diaryl/α,β-unsaturated/α-hetero) is 1.